The Morgan fingerprint density at radius 1 is 1.20 bits per heavy atom. The highest BCUT2D eigenvalue weighted by molar-refractivity contribution is 6.56. The highest BCUT2D eigenvalue weighted by Gasteiger charge is 2.25. The fourth-order valence-electron chi connectivity index (χ4n) is 2.55. The number of hydrogen-bond donors (Lipinski definition) is 0. The first-order valence-electron chi connectivity index (χ1n) is 7.77. The van der Waals surface area contributed by atoms with E-state index in [-0.39, 0.29) is 5.41 Å². The van der Waals surface area contributed by atoms with E-state index in [4.69, 9.17) is 10.1 Å². The maximum atomic E-state index is 4.81. The predicted octanol–water partition coefficient (Wildman–Crippen LogP) is 3.83. The minimum Gasteiger partial charge on any atom is -0.315 e. The van der Waals surface area contributed by atoms with E-state index in [0.29, 0.717) is 12.8 Å². The average molecular weight is 274 g/mol. The van der Waals surface area contributed by atoms with E-state index in [0.717, 1.165) is 24.1 Å². The van der Waals surface area contributed by atoms with Gasteiger partial charge in [0.25, 0.3) is 6.85 Å². The lowest BCUT2D eigenvalue weighted by atomic mass is 9.57. The molecule has 2 aromatic rings. The van der Waals surface area contributed by atoms with Gasteiger partial charge in [0.2, 0.25) is 0 Å². The lowest BCUT2D eigenvalue weighted by molar-refractivity contribution is 0.537. The van der Waals surface area contributed by atoms with Crippen LogP contribution in [0.2, 0.25) is 12.6 Å². The van der Waals surface area contributed by atoms with Gasteiger partial charge >= 0.3 is 0 Å². The van der Waals surface area contributed by atoms with Gasteiger partial charge in [0, 0.05) is 17.2 Å². The van der Waals surface area contributed by atoms with Crippen molar-refractivity contribution in [2.24, 2.45) is 0 Å². The summed E-state index contributed by atoms with van der Waals surface area (Å²) in [6.45, 7) is 15.9. The minimum atomic E-state index is -0.0149. The third-order valence-corrected chi connectivity index (χ3v) is 3.95. The summed E-state index contributed by atoms with van der Waals surface area (Å²) in [4.78, 5) is 4.81. The largest absolute Gasteiger partial charge is 0.315 e. The molecule has 5 heteroatoms. The molecule has 0 aliphatic rings. The normalized spacial score (nSPS) is 12.6. The van der Waals surface area contributed by atoms with Gasteiger partial charge in [-0.3, -0.25) is 0 Å². The van der Waals surface area contributed by atoms with Crippen LogP contribution in [0, 0.1) is 0 Å². The Balaban J connectivity index is 2.66. The fourth-order valence-corrected chi connectivity index (χ4v) is 2.55. The van der Waals surface area contributed by atoms with Crippen LogP contribution in [-0.2, 0) is 5.41 Å². The van der Waals surface area contributed by atoms with Gasteiger partial charge in [-0.05, 0) is 5.92 Å². The Morgan fingerprint density at radius 3 is 2.25 bits per heavy atom. The van der Waals surface area contributed by atoms with Crippen LogP contribution < -0.4 is 0 Å². The Labute approximate surface area is 122 Å². The zero-order valence-electron chi connectivity index (χ0n) is 13.9. The maximum absolute atomic E-state index is 4.81. The summed E-state index contributed by atoms with van der Waals surface area (Å²) in [6, 6.07) is 0. The van der Waals surface area contributed by atoms with Gasteiger partial charge in [-0.25, -0.2) is 4.98 Å². The molecular weight excluding hydrogens is 247 g/mol. The van der Waals surface area contributed by atoms with Crippen LogP contribution in [-0.4, -0.2) is 26.2 Å². The molecule has 2 rings (SSSR count). The van der Waals surface area contributed by atoms with Gasteiger partial charge in [-0.15, -0.1) is 5.10 Å². The van der Waals surface area contributed by atoms with E-state index in [1.54, 1.807) is 0 Å². The Morgan fingerprint density at radius 2 is 1.80 bits per heavy atom. The van der Waals surface area contributed by atoms with Crippen LogP contribution in [0.15, 0.2) is 6.20 Å². The molecular formula is C15H27BN4. The topological polar surface area (TPSA) is 35.1 Å². The molecule has 110 valence electrons. The van der Waals surface area contributed by atoms with E-state index in [1.165, 1.54) is 5.56 Å². The Bertz CT molecular complexity index is 585. The summed E-state index contributed by atoms with van der Waals surface area (Å²) in [5.41, 5.74) is 2.30. The summed E-state index contributed by atoms with van der Waals surface area (Å²) in [6.07, 6.45) is 4.47. The van der Waals surface area contributed by atoms with Crippen molar-refractivity contribution in [2.45, 2.75) is 72.4 Å². The molecule has 0 aliphatic carbocycles. The fraction of sp³-hybridized carbons (Fsp3) is 0.733. The van der Waals surface area contributed by atoms with E-state index < -0.39 is 0 Å². The lowest BCUT2D eigenvalue weighted by Crippen LogP contribution is -2.26. The molecule has 0 spiro atoms. The molecule has 2 heterocycles. The van der Waals surface area contributed by atoms with Crippen molar-refractivity contribution in [3.8, 4) is 0 Å². The van der Waals surface area contributed by atoms with Gasteiger partial charge in [-0.1, -0.05) is 61.1 Å². The molecule has 2 aromatic heterocycles. The first-order chi connectivity index (χ1) is 9.29. The van der Waals surface area contributed by atoms with Crippen molar-refractivity contribution in [2.75, 3.05) is 0 Å². The minimum absolute atomic E-state index is 0.0149. The summed E-state index contributed by atoms with van der Waals surface area (Å²) >= 11 is 0. The van der Waals surface area contributed by atoms with Crippen molar-refractivity contribution < 1.29 is 0 Å². The van der Waals surface area contributed by atoms with E-state index >= 15 is 0 Å². The van der Waals surface area contributed by atoms with Crippen LogP contribution in [0.4, 0.5) is 0 Å². The second-order valence-corrected chi connectivity index (χ2v) is 6.99. The summed E-state index contributed by atoms with van der Waals surface area (Å²) < 4.78 is 4.29. The van der Waals surface area contributed by atoms with Crippen LogP contribution in [0.5, 0.6) is 0 Å². The third kappa shape index (κ3) is 2.50. The number of hydrogen-bond acceptors (Lipinski definition) is 2. The van der Waals surface area contributed by atoms with Crippen molar-refractivity contribution in [3.63, 3.8) is 0 Å². The predicted molar refractivity (Wildman–Crippen MR) is 85.9 cm³/mol. The quantitative estimate of drug-likeness (QED) is 0.794. The summed E-state index contributed by atoms with van der Waals surface area (Å²) in [5.74, 6) is 1.39. The SMILES string of the molecule is CCB(CC)n1cc(C(C)C)c2nc(C(C)(C)C)nn21. The molecule has 20 heavy (non-hydrogen) atoms. The molecule has 0 radical (unpaired) electrons. The Kier molecular flexibility index (Phi) is 3.98. The van der Waals surface area contributed by atoms with Crippen LogP contribution in [0.3, 0.4) is 0 Å². The van der Waals surface area contributed by atoms with Crippen molar-refractivity contribution in [1.82, 2.24) is 19.3 Å². The average Bonchev–Trinajstić information content (AvgIpc) is 2.89. The van der Waals surface area contributed by atoms with Crippen molar-refractivity contribution in [3.05, 3.63) is 17.6 Å². The molecule has 0 aromatic carbocycles. The van der Waals surface area contributed by atoms with Crippen LogP contribution in [0.25, 0.3) is 5.65 Å². The highest BCUT2D eigenvalue weighted by atomic mass is 15.5. The number of fused-ring (bicyclic) bond motifs is 1. The first kappa shape index (κ1) is 15.1. The second-order valence-electron chi connectivity index (χ2n) is 6.99. The molecule has 0 aliphatic heterocycles. The second kappa shape index (κ2) is 5.26. The standard InChI is InChI=1S/C15H27BN4/c1-8-16(9-2)19-10-12(11(3)4)13-17-14(15(5,6)7)18-20(13)19/h10-11H,8-9H2,1-7H3. The maximum Gasteiger partial charge on any atom is 0.283 e. The molecule has 0 saturated heterocycles. The molecule has 0 N–H and O–H groups in total. The van der Waals surface area contributed by atoms with Gasteiger partial charge in [-0.2, -0.15) is 4.63 Å². The summed E-state index contributed by atoms with van der Waals surface area (Å²) in [5, 5.41) is 4.77. The zero-order chi connectivity index (χ0) is 15.1. The Hall–Kier alpha value is -1.26. The lowest BCUT2D eigenvalue weighted by Gasteiger charge is -2.14. The zero-order valence-corrected chi connectivity index (χ0v) is 13.9. The summed E-state index contributed by atoms with van der Waals surface area (Å²) in [7, 11) is 0. The molecule has 4 nitrogen and oxygen atoms in total. The molecule has 0 unspecified atom stereocenters. The molecule has 0 bridgehead atoms. The van der Waals surface area contributed by atoms with E-state index in [9.17, 15) is 0 Å². The molecule has 0 saturated carbocycles. The monoisotopic (exact) mass is 274 g/mol. The molecule has 0 fully saturated rings. The molecule has 0 amide bonds. The third-order valence-electron chi connectivity index (χ3n) is 3.95. The molecule has 0 atom stereocenters. The van der Waals surface area contributed by atoms with Gasteiger partial charge in [0.15, 0.2) is 11.5 Å². The van der Waals surface area contributed by atoms with Crippen molar-refractivity contribution in [1.29, 1.82) is 0 Å². The van der Waals surface area contributed by atoms with E-state index in [2.05, 4.69) is 59.3 Å². The van der Waals surface area contributed by atoms with Crippen LogP contribution in [0.1, 0.15) is 65.8 Å². The van der Waals surface area contributed by atoms with Gasteiger partial charge < -0.3 is 4.59 Å². The highest BCUT2D eigenvalue weighted by Crippen LogP contribution is 2.25. The number of aromatic nitrogens is 4. The van der Waals surface area contributed by atoms with E-state index in [1.807, 2.05) is 4.63 Å². The van der Waals surface area contributed by atoms with Gasteiger partial charge in [0.05, 0.1) is 0 Å². The number of nitrogens with zero attached hydrogens (tertiary/aromatic N) is 4. The first-order valence-corrected chi connectivity index (χ1v) is 7.77. The smallest absolute Gasteiger partial charge is 0.283 e. The van der Waals surface area contributed by atoms with Crippen LogP contribution >= 0.6 is 0 Å². The van der Waals surface area contributed by atoms with Gasteiger partial charge in [0.1, 0.15) is 0 Å². The van der Waals surface area contributed by atoms with Crippen molar-refractivity contribution >= 4 is 12.5 Å². The number of rotatable bonds is 4.